The molecule has 0 atom stereocenters. The lowest BCUT2D eigenvalue weighted by Crippen LogP contribution is -2.24. The predicted molar refractivity (Wildman–Crippen MR) is 140 cm³/mol. The number of hydrogen-bond donors (Lipinski definition) is 2. The molecule has 188 valence electrons. The molecule has 2 aromatic heterocycles. The second-order valence-corrected chi connectivity index (χ2v) is 11.0. The van der Waals surface area contributed by atoms with Crippen LogP contribution < -0.4 is 5.32 Å². The number of nitrogens with zero attached hydrogens (tertiary/aromatic N) is 2. The van der Waals surface area contributed by atoms with E-state index in [0.717, 1.165) is 5.56 Å². The highest BCUT2D eigenvalue weighted by atomic mass is 19.1. The van der Waals surface area contributed by atoms with Crippen molar-refractivity contribution in [1.29, 1.82) is 0 Å². The lowest BCUT2D eigenvalue weighted by Gasteiger charge is -2.19. The third kappa shape index (κ3) is 5.97. The zero-order valence-electron chi connectivity index (χ0n) is 21.7. The quantitative estimate of drug-likeness (QED) is 0.311. The Morgan fingerprint density at radius 3 is 2.33 bits per heavy atom. The molecule has 2 heterocycles. The van der Waals surface area contributed by atoms with Gasteiger partial charge in [0, 0.05) is 29.6 Å². The minimum absolute atomic E-state index is 0.115. The zero-order chi connectivity index (χ0) is 26.1. The number of carbonyl (C=O) groups is 1. The molecule has 0 aliphatic carbocycles. The van der Waals surface area contributed by atoms with Gasteiger partial charge in [0.15, 0.2) is 0 Å². The molecule has 0 unspecified atom stereocenters. The van der Waals surface area contributed by atoms with Crippen molar-refractivity contribution in [3.8, 4) is 11.3 Å². The number of rotatable bonds is 6. The SMILES string of the molecule is CC(C)(C)OC(=O)c1cc2c(-c3ccc(CNCc4ccc(C(C)(C)C)cc4)c(F)c3)ncnc2[nH]1. The second kappa shape index (κ2) is 9.82. The number of fused-ring (bicyclic) bond motifs is 1. The summed E-state index contributed by atoms with van der Waals surface area (Å²) in [6, 6.07) is 15.2. The Balaban J connectivity index is 1.47. The van der Waals surface area contributed by atoms with Gasteiger partial charge in [0.2, 0.25) is 0 Å². The van der Waals surface area contributed by atoms with Crippen molar-refractivity contribution in [2.75, 3.05) is 0 Å². The molecule has 0 bridgehead atoms. The van der Waals surface area contributed by atoms with Crippen molar-refractivity contribution in [2.24, 2.45) is 0 Å². The van der Waals surface area contributed by atoms with E-state index in [-0.39, 0.29) is 16.9 Å². The highest BCUT2D eigenvalue weighted by Gasteiger charge is 2.21. The molecule has 0 aliphatic rings. The number of aromatic nitrogens is 3. The van der Waals surface area contributed by atoms with E-state index in [1.165, 1.54) is 18.0 Å². The first kappa shape index (κ1) is 25.5. The lowest BCUT2D eigenvalue weighted by molar-refractivity contribution is 0.00638. The molecule has 0 spiro atoms. The zero-order valence-corrected chi connectivity index (χ0v) is 21.7. The minimum Gasteiger partial charge on any atom is -0.455 e. The van der Waals surface area contributed by atoms with Crippen LogP contribution in [0.5, 0.6) is 0 Å². The van der Waals surface area contributed by atoms with Crippen LogP contribution in [0, 0.1) is 5.82 Å². The highest BCUT2D eigenvalue weighted by Crippen LogP contribution is 2.28. The van der Waals surface area contributed by atoms with E-state index >= 15 is 0 Å². The maximum absolute atomic E-state index is 15.0. The van der Waals surface area contributed by atoms with Gasteiger partial charge >= 0.3 is 5.97 Å². The summed E-state index contributed by atoms with van der Waals surface area (Å²) in [4.78, 5) is 24.0. The maximum atomic E-state index is 15.0. The molecular formula is C29H33FN4O2. The fraction of sp³-hybridized carbons (Fsp3) is 0.345. The van der Waals surface area contributed by atoms with E-state index in [9.17, 15) is 9.18 Å². The van der Waals surface area contributed by atoms with Gasteiger partial charge in [-0.1, -0.05) is 57.2 Å². The number of aromatic amines is 1. The van der Waals surface area contributed by atoms with Gasteiger partial charge in [0.05, 0.1) is 5.69 Å². The smallest absolute Gasteiger partial charge is 0.355 e. The molecule has 0 amide bonds. The monoisotopic (exact) mass is 488 g/mol. The van der Waals surface area contributed by atoms with Crippen LogP contribution in [0.3, 0.4) is 0 Å². The molecule has 2 N–H and O–H groups in total. The number of benzene rings is 2. The molecule has 4 aromatic rings. The largest absolute Gasteiger partial charge is 0.455 e. The Morgan fingerprint density at radius 2 is 1.69 bits per heavy atom. The molecule has 2 aromatic carbocycles. The second-order valence-electron chi connectivity index (χ2n) is 11.0. The van der Waals surface area contributed by atoms with Crippen LogP contribution in [0.1, 0.15) is 68.7 Å². The average molecular weight is 489 g/mol. The van der Waals surface area contributed by atoms with Gasteiger partial charge in [-0.05, 0) is 49.4 Å². The molecule has 0 aliphatic heterocycles. The van der Waals surface area contributed by atoms with Crippen molar-refractivity contribution in [2.45, 2.75) is 65.6 Å². The number of ether oxygens (including phenoxy) is 1. The maximum Gasteiger partial charge on any atom is 0.355 e. The average Bonchev–Trinajstić information content (AvgIpc) is 3.24. The van der Waals surface area contributed by atoms with Crippen LogP contribution in [0.4, 0.5) is 4.39 Å². The number of carbonyl (C=O) groups excluding carboxylic acids is 1. The normalized spacial score (nSPS) is 12.2. The van der Waals surface area contributed by atoms with E-state index in [4.69, 9.17) is 4.74 Å². The summed E-state index contributed by atoms with van der Waals surface area (Å²) in [5.41, 5.74) is 4.42. The lowest BCUT2D eigenvalue weighted by atomic mass is 9.87. The van der Waals surface area contributed by atoms with Crippen molar-refractivity contribution in [3.63, 3.8) is 0 Å². The van der Waals surface area contributed by atoms with Crippen LogP contribution in [0.25, 0.3) is 22.3 Å². The molecule has 0 fully saturated rings. The van der Waals surface area contributed by atoms with Gasteiger partial charge in [-0.25, -0.2) is 19.2 Å². The Bertz CT molecular complexity index is 1380. The number of halogens is 1. The number of esters is 1. The van der Waals surface area contributed by atoms with Crippen LogP contribution in [0.15, 0.2) is 54.9 Å². The highest BCUT2D eigenvalue weighted by molar-refractivity contribution is 5.98. The van der Waals surface area contributed by atoms with E-state index in [2.05, 4.69) is 65.3 Å². The number of H-pyrrole nitrogens is 1. The Morgan fingerprint density at radius 1 is 0.972 bits per heavy atom. The summed E-state index contributed by atoms with van der Waals surface area (Å²) in [5.74, 6) is -0.801. The van der Waals surface area contributed by atoms with Crippen molar-refractivity contribution in [1.82, 2.24) is 20.3 Å². The Hall–Kier alpha value is -3.58. The number of nitrogens with one attached hydrogen (secondary N) is 2. The summed E-state index contributed by atoms with van der Waals surface area (Å²) >= 11 is 0. The molecule has 0 saturated carbocycles. The van der Waals surface area contributed by atoms with E-state index in [1.54, 1.807) is 32.9 Å². The van der Waals surface area contributed by atoms with E-state index < -0.39 is 11.6 Å². The summed E-state index contributed by atoms with van der Waals surface area (Å²) in [5, 5.41) is 3.95. The first-order valence-corrected chi connectivity index (χ1v) is 12.1. The predicted octanol–water partition coefficient (Wildman–Crippen LogP) is 6.31. The van der Waals surface area contributed by atoms with Crippen LogP contribution in [0.2, 0.25) is 0 Å². The molecular weight excluding hydrogens is 455 g/mol. The summed E-state index contributed by atoms with van der Waals surface area (Å²) in [6.45, 7) is 13.0. The van der Waals surface area contributed by atoms with Crippen molar-refractivity contribution in [3.05, 3.63) is 83.1 Å². The van der Waals surface area contributed by atoms with Gasteiger partial charge in [-0.15, -0.1) is 0 Å². The molecule has 0 radical (unpaired) electrons. The molecule has 0 saturated heterocycles. The van der Waals surface area contributed by atoms with Gasteiger partial charge in [-0.3, -0.25) is 0 Å². The fourth-order valence-electron chi connectivity index (χ4n) is 3.92. The van der Waals surface area contributed by atoms with Gasteiger partial charge in [0.1, 0.15) is 29.1 Å². The Kier molecular flexibility index (Phi) is 6.96. The first-order chi connectivity index (χ1) is 16.9. The Labute approximate surface area is 211 Å². The third-order valence-corrected chi connectivity index (χ3v) is 5.84. The topological polar surface area (TPSA) is 79.9 Å². The molecule has 7 heteroatoms. The van der Waals surface area contributed by atoms with Gasteiger partial charge < -0.3 is 15.0 Å². The van der Waals surface area contributed by atoms with E-state index in [1.807, 2.05) is 6.07 Å². The standard InChI is InChI=1S/C29H33FN4O2/c1-28(2,3)21-11-7-18(8-12-21)15-31-16-20-10-9-19(13-23(20)30)25-22-14-24(27(35)36-29(4,5)6)34-26(22)33-17-32-25/h7-14,17,31H,15-16H2,1-6H3,(H,32,33,34). The van der Waals surface area contributed by atoms with Gasteiger partial charge in [0.25, 0.3) is 0 Å². The summed E-state index contributed by atoms with van der Waals surface area (Å²) in [6.07, 6.45) is 1.39. The van der Waals surface area contributed by atoms with Crippen LogP contribution in [-0.2, 0) is 23.2 Å². The summed E-state index contributed by atoms with van der Waals surface area (Å²) < 4.78 is 20.4. The molecule has 6 nitrogen and oxygen atoms in total. The van der Waals surface area contributed by atoms with Crippen LogP contribution in [-0.4, -0.2) is 26.5 Å². The fourth-order valence-corrected chi connectivity index (χ4v) is 3.92. The first-order valence-electron chi connectivity index (χ1n) is 12.1. The van der Waals surface area contributed by atoms with Gasteiger partial charge in [-0.2, -0.15) is 0 Å². The third-order valence-electron chi connectivity index (χ3n) is 5.84. The van der Waals surface area contributed by atoms with Crippen molar-refractivity contribution < 1.29 is 13.9 Å². The van der Waals surface area contributed by atoms with E-state index in [0.29, 0.717) is 40.9 Å². The minimum atomic E-state index is -0.619. The number of hydrogen-bond acceptors (Lipinski definition) is 5. The van der Waals surface area contributed by atoms with Crippen molar-refractivity contribution >= 4 is 17.0 Å². The summed E-state index contributed by atoms with van der Waals surface area (Å²) in [7, 11) is 0. The molecule has 4 rings (SSSR count). The van der Waals surface area contributed by atoms with Crippen LogP contribution >= 0.6 is 0 Å². The molecule has 36 heavy (non-hydrogen) atoms.